The summed E-state index contributed by atoms with van der Waals surface area (Å²) in [6, 6.07) is 33.7. The Morgan fingerprint density at radius 3 is 1.54 bits per heavy atom. The van der Waals surface area contributed by atoms with Gasteiger partial charge in [0.25, 0.3) is 0 Å². The minimum Gasteiger partial charge on any atom is -0.744 e. The van der Waals surface area contributed by atoms with E-state index in [0.717, 1.165) is 5.92 Å². The summed E-state index contributed by atoms with van der Waals surface area (Å²) >= 11 is 0. The SMILES string of the molecule is O=S(=O)([O-])c1ccc(C(F)(F)F)cc1.c1ccc([S+](c2ccccc2)c2ccc(C3CCCCC3)cc2)cc1. The standard InChI is InChI=1S/C24H25S.C7H5F3O3S/c1-4-10-20(11-5-1)21-16-18-24(19-17-21)25(22-12-6-2-7-13-22)23-14-8-3-9-15-23;8-7(9,10)5-1-3-6(4-2-5)14(11,12)13/h2-3,6-9,12-20H,1,4-5,10-11H2;1-4H,(H,11,12,13)/q+1;/p-1. The van der Waals surface area contributed by atoms with Gasteiger partial charge >= 0.3 is 6.18 Å². The van der Waals surface area contributed by atoms with Crippen LogP contribution in [0.25, 0.3) is 0 Å². The molecule has 0 unspecified atom stereocenters. The fraction of sp³-hybridized carbons (Fsp3) is 0.226. The van der Waals surface area contributed by atoms with Gasteiger partial charge in [0.05, 0.1) is 21.4 Å². The maximum Gasteiger partial charge on any atom is 0.416 e. The molecule has 39 heavy (non-hydrogen) atoms. The first kappa shape index (κ1) is 28.9. The predicted octanol–water partition coefficient (Wildman–Crippen LogP) is 8.44. The molecule has 1 aliphatic rings. The van der Waals surface area contributed by atoms with Crippen LogP contribution < -0.4 is 0 Å². The second kappa shape index (κ2) is 12.9. The molecule has 8 heteroatoms. The molecule has 0 saturated heterocycles. The molecule has 0 atom stereocenters. The van der Waals surface area contributed by atoms with Crippen molar-refractivity contribution in [2.45, 2.75) is 63.8 Å². The van der Waals surface area contributed by atoms with Gasteiger partial charge in [0.1, 0.15) is 10.1 Å². The summed E-state index contributed by atoms with van der Waals surface area (Å²) in [6.07, 6.45) is 2.39. The van der Waals surface area contributed by atoms with Gasteiger partial charge in [-0.2, -0.15) is 13.2 Å². The minimum atomic E-state index is -4.68. The monoisotopic (exact) mass is 570 g/mol. The lowest BCUT2D eigenvalue weighted by molar-refractivity contribution is -0.137. The number of alkyl halides is 3. The van der Waals surface area contributed by atoms with Crippen molar-refractivity contribution in [2.75, 3.05) is 0 Å². The summed E-state index contributed by atoms with van der Waals surface area (Å²) in [5, 5.41) is 0. The van der Waals surface area contributed by atoms with Gasteiger partial charge in [0, 0.05) is 0 Å². The largest absolute Gasteiger partial charge is 0.744 e. The summed E-state index contributed by atoms with van der Waals surface area (Å²) in [6.45, 7) is 0. The van der Waals surface area contributed by atoms with Crippen molar-refractivity contribution in [3.8, 4) is 0 Å². The fourth-order valence-corrected chi connectivity index (χ4v) is 7.20. The van der Waals surface area contributed by atoms with Crippen LogP contribution in [-0.4, -0.2) is 13.0 Å². The van der Waals surface area contributed by atoms with E-state index in [9.17, 15) is 26.1 Å². The first-order chi connectivity index (χ1) is 18.6. The summed E-state index contributed by atoms with van der Waals surface area (Å²) in [5.74, 6) is 0.776. The lowest BCUT2D eigenvalue weighted by atomic mass is 9.84. The molecule has 0 bridgehead atoms. The Morgan fingerprint density at radius 1 is 0.641 bits per heavy atom. The van der Waals surface area contributed by atoms with Crippen LogP contribution in [0.1, 0.15) is 49.1 Å². The van der Waals surface area contributed by atoms with Crippen molar-refractivity contribution in [1.29, 1.82) is 0 Å². The minimum absolute atomic E-state index is 0.0278. The van der Waals surface area contributed by atoms with Gasteiger partial charge in [-0.15, -0.1) is 0 Å². The van der Waals surface area contributed by atoms with E-state index >= 15 is 0 Å². The van der Waals surface area contributed by atoms with Crippen molar-refractivity contribution in [2.24, 2.45) is 0 Å². The summed E-state index contributed by atoms with van der Waals surface area (Å²) in [7, 11) is -4.71. The van der Waals surface area contributed by atoms with Crippen LogP contribution in [0.5, 0.6) is 0 Å². The summed E-state index contributed by atoms with van der Waals surface area (Å²) < 4.78 is 67.0. The quantitative estimate of drug-likeness (QED) is 0.179. The van der Waals surface area contributed by atoms with Crippen LogP contribution in [0.4, 0.5) is 13.2 Å². The number of halogens is 3. The molecule has 0 heterocycles. The molecule has 0 aromatic heterocycles. The normalized spacial score (nSPS) is 14.5. The van der Waals surface area contributed by atoms with Gasteiger partial charge in [-0.1, -0.05) is 67.8 Å². The van der Waals surface area contributed by atoms with E-state index in [0.29, 0.717) is 24.3 Å². The van der Waals surface area contributed by atoms with Crippen molar-refractivity contribution in [1.82, 2.24) is 0 Å². The molecule has 1 aliphatic carbocycles. The van der Waals surface area contributed by atoms with Gasteiger partial charge in [0.15, 0.2) is 14.7 Å². The molecule has 4 aromatic carbocycles. The molecule has 4 aromatic rings. The number of benzene rings is 4. The van der Waals surface area contributed by atoms with Crippen molar-refractivity contribution in [3.63, 3.8) is 0 Å². The maximum absolute atomic E-state index is 12.0. The number of hydrogen-bond donors (Lipinski definition) is 0. The van der Waals surface area contributed by atoms with Crippen molar-refractivity contribution < 1.29 is 26.1 Å². The molecule has 0 spiro atoms. The molecule has 204 valence electrons. The third-order valence-electron chi connectivity index (χ3n) is 6.62. The predicted molar refractivity (Wildman–Crippen MR) is 147 cm³/mol. The van der Waals surface area contributed by atoms with Gasteiger partial charge in [-0.25, -0.2) is 8.42 Å². The highest BCUT2D eigenvalue weighted by molar-refractivity contribution is 7.97. The number of rotatable bonds is 5. The second-order valence-electron chi connectivity index (χ2n) is 9.31. The third-order valence-corrected chi connectivity index (χ3v) is 9.70. The van der Waals surface area contributed by atoms with E-state index in [2.05, 4.69) is 84.9 Å². The van der Waals surface area contributed by atoms with Gasteiger partial charge < -0.3 is 4.55 Å². The fourth-order valence-electron chi connectivity index (χ4n) is 4.64. The first-order valence-electron chi connectivity index (χ1n) is 12.7. The van der Waals surface area contributed by atoms with Gasteiger partial charge in [0.2, 0.25) is 0 Å². The lowest BCUT2D eigenvalue weighted by Gasteiger charge is -2.22. The zero-order chi connectivity index (χ0) is 27.9. The number of hydrogen-bond acceptors (Lipinski definition) is 3. The van der Waals surface area contributed by atoms with Crippen LogP contribution in [-0.2, 0) is 27.2 Å². The maximum atomic E-state index is 12.0. The molecular weight excluding hydrogens is 541 g/mol. The Labute approximate surface area is 230 Å². The third kappa shape index (κ3) is 7.97. The Bertz CT molecular complexity index is 1380. The highest BCUT2D eigenvalue weighted by Gasteiger charge is 2.30. The second-order valence-corrected chi connectivity index (χ2v) is 12.7. The van der Waals surface area contributed by atoms with Crippen LogP contribution in [0.2, 0.25) is 0 Å². The Morgan fingerprint density at radius 2 is 1.10 bits per heavy atom. The topological polar surface area (TPSA) is 57.2 Å². The van der Waals surface area contributed by atoms with E-state index in [1.54, 1.807) is 0 Å². The molecule has 1 saturated carbocycles. The van der Waals surface area contributed by atoms with E-state index in [1.807, 2.05) is 0 Å². The van der Waals surface area contributed by atoms with Crippen LogP contribution in [0, 0.1) is 0 Å². The van der Waals surface area contributed by atoms with Crippen molar-refractivity contribution >= 4 is 21.0 Å². The molecule has 0 aliphatic heterocycles. The van der Waals surface area contributed by atoms with Gasteiger partial charge in [-0.3, -0.25) is 0 Å². The van der Waals surface area contributed by atoms with E-state index < -0.39 is 26.8 Å². The summed E-state index contributed by atoms with van der Waals surface area (Å²) in [4.78, 5) is 3.51. The van der Waals surface area contributed by atoms with Crippen molar-refractivity contribution in [3.05, 3.63) is 120 Å². The van der Waals surface area contributed by atoms with E-state index in [-0.39, 0.29) is 10.9 Å². The molecule has 5 rings (SSSR count). The van der Waals surface area contributed by atoms with Crippen LogP contribution in [0.15, 0.2) is 129 Å². The smallest absolute Gasteiger partial charge is 0.416 e. The zero-order valence-electron chi connectivity index (χ0n) is 21.2. The highest BCUT2D eigenvalue weighted by atomic mass is 32.2. The summed E-state index contributed by atoms with van der Waals surface area (Å²) in [5.41, 5.74) is 0.540. The highest BCUT2D eigenvalue weighted by Crippen LogP contribution is 2.35. The molecular formula is C31H29F3O3S2. The van der Waals surface area contributed by atoms with Crippen LogP contribution in [0.3, 0.4) is 0 Å². The Kier molecular flexibility index (Phi) is 9.53. The average Bonchev–Trinajstić information content (AvgIpc) is 2.95. The average molecular weight is 571 g/mol. The molecule has 3 nitrogen and oxygen atoms in total. The molecule has 0 radical (unpaired) electrons. The molecule has 1 fully saturated rings. The first-order valence-corrected chi connectivity index (χ1v) is 15.3. The zero-order valence-corrected chi connectivity index (χ0v) is 22.8. The van der Waals surface area contributed by atoms with Gasteiger partial charge in [-0.05, 0) is 85.0 Å². The Hall–Kier alpha value is -3.07. The Balaban J connectivity index is 0.000000215. The van der Waals surface area contributed by atoms with E-state index in [4.69, 9.17) is 0 Å². The molecule has 0 N–H and O–H groups in total. The van der Waals surface area contributed by atoms with Crippen LogP contribution >= 0.6 is 0 Å². The lowest BCUT2D eigenvalue weighted by Crippen LogP contribution is -2.07. The van der Waals surface area contributed by atoms with E-state index in [1.165, 1.54) is 52.4 Å². The molecule has 0 amide bonds.